The van der Waals surface area contributed by atoms with Gasteiger partial charge in [-0.05, 0) is 29.7 Å². The lowest BCUT2D eigenvalue weighted by Crippen LogP contribution is -2.39. The van der Waals surface area contributed by atoms with Gasteiger partial charge in [0.15, 0.2) is 5.96 Å². The molecule has 0 amide bonds. The highest BCUT2D eigenvalue weighted by atomic mass is 127. The maximum atomic E-state index is 6.00. The maximum Gasteiger partial charge on any atom is 0.188 e. The summed E-state index contributed by atoms with van der Waals surface area (Å²) in [6.45, 7) is 7.39. The quantitative estimate of drug-likeness (QED) is 0.216. The first kappa shape index (κ1) is 24.6. The normalized spacial score (nSPS) is 14.9. The van der Waals surface area contributed by atoms with Crippen molar-refractivity contribution in [2.75, 3.05) is 39.4 Å². The number of nitrogens with one attached hydrogen (secondary N) is 1. The molecule has 0 radical (unpaired) electrons. The molecule has 6 nitrogen and oxygen atoms in total. The second-order valence-corrected chi connectivity index (χ2v) is 7.23. The monoisotopic (exact) mass is 524 g/mol. The summed E-state index contributed by atoms with van der Waals surface area (Å²) in [7, 11) is 0. The molecule has 30 heavy (non-hydrogen) atoms. The molecule has 1 aliphatic heterocycles. The number of hydrogen-bond acceptors (Lipinski definition) is 4. The van der Waals surface area contributed by atoms with Gasteiger partial charge in [-0.3, -0.25) is 4.90 Å². The number of morpholine rings is 1. The van der Waals surface area contributed by atoms with E-state index in [1.807, 2.05) is 24.3 Å². The molecule has 1 aliphatic rings. The third-order valence-electron chi connectivity index (χ3n) is 4.86. The molecule has 2 aromatic carbocycles. The van der Waals surface area contributed by atoms with Crippen molar-refractivity contribution in [3.63, 3.8) is 0 Å². The first-order chi connectivity index (χ1) is 14.3. The van der Waals surface area contributed by atoms with Gasteiger partial charge in [-0.15, -0.1) is 24.0 Å². The molecule has 0 aliphatic carbocycles. The second-order valence-electron chi connectivity index (χ2n) is 7.23. The van der Waals surface area contributed by atoms with Crippen molar-refractivity contribution in [1.82, 2.24) is 10.2 Å². The zero-order valence-corrected chi connectivity index (χ0v) is 19.8. The minimum Gasteiger partial charge on any atom is -0.379 e. The Bertz CT molecular complexity index is 752. The van der Waals surface area contributed by atoms with Gasteiger partial charge in [0.2, 0.25) is 0 Å². The lowest BCUT2D eigenvalue weighted by Gasteiger charge is -2.26. The van der Waals surface area contributed by atoms with Crippen LogP contribution in [-0.4, -0.2) is 50.3 Å². The summed E-state index contributed by atoms with van der Waals surface area (Å²) < 4.78 is 11.2. The predicted molar refractivity (Wildman–Crippen MR) is 132 cm³/mol. The lowest BCUT2D eigenvalue weighted by molar-refractivity contribution is 0.0376. The lowest BCUT2D eigenvalue weighted by atomic mass is 10.1. The average Bonchev–Trinajstić information content (AvgIpc) is 2.77. The summed E-state index contributed by atoms with van der Waals surface area (Å²) in [5, 5.41) is 3.20. The number of benzene rings is 2. The van der Waals surface area contributed by atoms with E-state index in [0.29, 0.717) is 25.7 Å². The summed E-state index contributed by atoms with van der Waals surface area (Å²) in [4.78, 5) is 6.88. The molecule has 0 unspecified atom stereocenters. The fourth-order valence-corrected chi connectivity index (χ4v) is 3.26. The van der Waals surface area contributed by atoms with E-state index in [0.717, 1.165) is 56.9 Å². The Morgan fingerprint density at radius 1 is 1.00 bits per heavy atom. The Hall–Kier alpha value is -1.68. The van der Waals surface area contributed by atoms with Gasteiger partial charge >= 0.3 is 0 Å². The molecule has 1 heterocycles. The van der Waals surface area contributed by atoms with E-state index in [9.17, 15) is 0 Å². The van der Waals surface area contributed by atoms with Gasteiger partial charge in [0.05, 0.1) is 33.0 Å². The number of guanidine groups is 1. The first-order valence-electron chi connectivity index (χ1n) is 10.3. The first-order valence-corrected chi connectivity index (χ1v) is 10.3. The summed E-state index contributed by atoms with van der Waals surface area (Å²) in [6, 6.07) is 18.5. The summed E-state index contributed by atoms with van der Waals surface area (Å²) in [5.74, 6) is 0.498. The highest BCUT2D eigenvalue weighted by Crippen LogP contribution is 2.10. The molecular formula is C23H33IN4O2. The van der Waals surface area contributed by atoms with Crippen LogP contribution in [0.15, 0.2) is 59.6 Å². The van der Waals surface area contributed by atoms with E-state index in [1.165, 1.54) is 5.56 Å². The van der Waals surface area contributed by atoms with Crippen LogP contribution in [-0.2, 0) is 29.2 Å². The van der Waals surface area contributed by atoms with E-state index in [1.54, 1.807) is 0 Å². The molecule has 0 saturated carbocycles. The summed E-state index contributed by atoms with van der Waals surface area (Å²) in [5.41, 5.74) is 9.46. The number of aliphatic imine (C=N–C) groups is 1. The van der Waals surface area contributed by atoms with Crippen molar-refractivity contribution >= 4 is 29.9 Å². The highest BCUT2D eigenvalue weighted by molar-refractivity contribution is 14.0. The van der Waals surface area contributed by atoms with Crippen molar-refractivity contribution in [2.24, 2.45) is 10.7 Å². The fraction of sp³-hybridized carbons (Fsp3) is 0.435. The van der Waals surface area contributed by atoms with Gasteiger partial charge in [0.25, 0.3) is 0 Å². The Labute approximate surface area is 196 Å². The minimum atomic E-state index is 0. The molecule has 0 aromatic heterocycles. The molecule has 0 atom stereocenters. The molecule has 0 spiro atoms. The van der Waals surface area contributed by atoms with Crippen LogP contribution in [0.4, 0.5) is 0 Å². The Morgan fingerprint density at radius 3 is 2.50 bits per heavy atom. The van der Waals surface area contributed by atoms with E-state index >= 15 is 0 Å². The van der Waals surface area contributed by atoms with Crippen LogP contribution in [0.2, 0.25) is 0 Å². The van der Waals surface area contributed by atoms with E-state index in [-0.39, 0.29) is 24.0 Å². The number of rotatable bonds is 10. The minimum absolute atomic E-state index is 0. The summed E-state index contributed by atoms with van der Waals surface area (Å²) in [6.07, 6.45) is 1.05. The molecule has 164 valence electrons. The third-order valence-corrected chi connectivity index (χ3v) is 4.86. The van der Waals surface area contributed by atoms with E-state index in [4.69, 9.17) is 15.2 Å². The Kier molecular flexibility index (Phi) is 11.8. The number of ether oxygens (including phenoxy) is 2. The third kappa shape index (κ3) is 9.42. The number of hydrogen-bond donors (Lipinski definition) is 2. The molecule has 3 N–H and O–H groups in total. The molecule has 0 bridgehead atoms. The number of nitrogens with two attached hydrogens (primary N) is 1. The van der Waals surface area contributed by atoms with Crippen LogP contribution in [0.3, 0.4) is 0 Å². The molecule has 1 fully saturated rings. The van der Waals surface area contributed by atoms with Crippen molar-refractivity contribution in [1.29, 1.82) is 0 Å². The van der Waals surface area contributed by atoms with Crippen molar-refractivity contribution in [3.05, 3.63) is 71.3 Å². The van der Waals surface area contributed by atoms with Crippen LogP contribution in [0.1, 0.15) is 23.1 Å². The van der Waals surface area contributed by atoms with Gasteiger partial charge < -0.3 is 20.5 Å². The average molecular weight is 524 g/mol. The zero-order chi connectivity index (χ0) is 20.2. The van der Waals surface area contributed by atoms with Gasteiger partial charge in [0.1, 0.15) is 0 Å². The van der Waals surface area contributed by atoms with Crippen LogP contribution in [0, 0.1) is 0 Å². The number of halogens is 1. The molecule has 1 saturated heterocycles. The zero-order valence-electron chi connectivity index (χ0n) is 17.5. The maximum absolute atomic E-state index is 6.00. The van der Waals surface area contributed by atoms with E-state index < -0.39 is 0 Å². The Balaban J connectivity index is 0.00000320. The van der Waals surface area contributed by atoms with Gasteiger partial charge in [0, 0.05) is 19.6 Å². The van der Waals surface area contributed by atoms with Crippen molar-refractivity contribution < 1.29 is 9.47 Å². The largest absolute Gasteiger partial charge is 0.379 e. The fourth-order valence-electron chi connectivity index (χ4n) is 3.26. The molecule has 3 rings (SSSR count). The van der Waals surface area contributed by atoms with Gasteiger partial charge in [-0.2, -0.15) is 0 Å². The van der Waals surface area contributed by atoms with E-state index in [2.05, 4.69) is 45.5 Å². The predicted octanol–water partition coefficient (Wildman–Crippen LogP) is 3.15. The van der Waals surface area contributed by atoms with Crippen molar-refractivity contribution in [2.45, 2.75) is 26.2 Å². The highest BCUT2D eigenvalue weighted by Gasteiger charge is 2.09. The molecule has 7 heteroatoms. The SMILES string of the molecule is I.NC(=NCc1cccc(COCc2ccccc2)c1)NCCCN1CCOCC1. The van der Waals surface area contributed by atoms with Gasteiger partial charge in [-0.1, -0.05) is 54.6 Å². The molecular weight excluding hydrogens is 491 g/mol. The van der Waals surface area contributed by atoms with Crippen LogP contribution < -0.4 is 11.1 Å². The van der Waals surface area contributed by atoms with Crippen LogP contribution >= 0.6 is 24.0 Å². The molecule has 2 aromatic rings. The van der Waals surface area contributed by atoms with Gasteiger partial charge in [-0.25, -0.2) is 4.99 Å². The second kappa shape index (κ2) is 14.3. The standard InChI is InChI=1S/C23H32N4O2.HI/c24-23(25-10-5-11-27-12-14-28-15-13-27)26-17-21-8-4-9-22(16-21)19-29-18-20-6-2-1-3-7-20;/h1-4,6-9,16H,5,10-15,17-19H2,(H3,24,25,26);1H. The Morgan fingerprint density at radius 2 is 1.70 bits per heavy atom. The number of nitrogens with zero attached hydrogens (tertiary/aromatic N) is 2. The smallest absolute Gasteiger partial charge is 0.188 e. The van der Waals surface area contributed by atoms with Crippen LogP contribution in [0.25, 0.3) is 0 Å². The topological polar surface area (TPSA) is 72.1 Å². The van der Waals surface area contributed by atoms with Crippen LogP contribution in [0.5, 0.6) is 0 Å². The van der Waals surface area contributed by atoms with Crippen molar-refractivity contribution in [3.8, 4) is 0 Å². The summed E-state index contributed by atoms with van der Waals surface area (Å²) >= 11 is 0.